The number of hydrogen-bond donors (Lipinski definition) is 1. The van der Waals surface area contributed by atoms with Crippen molar-refractivity contribution in [2.45, 2.75) is 12.8 Å². The summed E-state index contributed by atoms with van der Waals surface area (Å²) in [5.74, 6) is -1.68. The summed E-state index contributed by atoms with van der Waals surface area (Å²) in [7, 11) is 0. The number of alkyl halides is 5. The first kappa shape index (κ1) is 11.5. The summed E-state index contributed by atoms with van der Waals surface area (Å²) >= 11 is 0. The lowest BCUT2D eigenvalue weighted by atomic mass is 10.2. The van der Waals surface area contributed by atoms with Gasteiger partial charge in [-0.15, -0.1) is 13.2 Å². The van der Waals surface area contributed by atoms with E-state index in [1.165, 1.54) is 0 Å². The van der Waals surface area contributed by atoms with Gasteiger partial charge in [-0.2, -0.15) is 0 Å². The molecule has 84 valence electrons. The van der Waals surface area contributed by atoms with Crippen LogP contribution >= 0.6 is 0 Å². The van der Waals surface area contributed by atoms with Gasteiger partial charge < -0.3 is 9.84 Å². The molecule has 15 heavy (non-hydrogen) atoms. The van der Waals surface area contributed by atoms with E-state index < -0.39 is 29.9 Å². The Hall–Kier alpha value is -1.53. The van der Waals surface area contributed by atoms with Crippen molar-refractivity contribution in [3.63, 3.8) is 0 Å². The highest BCUT2D eigenvalue weighted by atomic mass is 19.4. The second-order valence-electron chi connectivity index (χ2n) is 2.57. The van der Waals surface area contributed by atoms with Crippen LogP contribution in [0.25, 0.3) is 0 Å². The molecule has 1 rings (SSSR count). The highest BCUT2D eigenvalue weighted by molar-refractivity contribution is 5.40. The third-order valence-corrected chi connectivity index (χ3v) is 1.47. The first-order valence-electron chi connectivity index (χ1n) is 3.66. The molecule has 1 aromatic carbocycles. The third kappa shape index (κ3) is 3.26. The van der Waals surface area contributed by atoms with E-state index >= 15 is 0 Å². The average Bonchev–Trinajstić information content (AvgIpc) is 1.99. The van der Waals surface area contributed by atoms with Gasteiger partial charge in [0.15, 0.2) is 0 Å². The lowest BCUT2D eigenvalue weighted by Gasteiger charge is -2.10. The Labute approximate surface area is 80.9 Å². The van der Waals surface area contributed by atoms with Crippen LogP contribution in [0.1, 0.15) is 12.0 Å². The summed E-state index contributed by atoms with van der Waals surface area (Å²) in [6.07, 6.45) is -7.87. The first-order valence-corrected chi connectivity index (χ1v) is 3.66. The molecule has 0 unspecified atom stereocenters. The number of phenolic OH excluding ortho intramolecular Hbond substituents is 1. The number of aromatic hydroxyl groups is 1. The van der Waals surface area contributed by atoms with Crippen molar-refractivity contribution in [2.24, 2.45) is 0 Å². The van der Waals surface area contributed by atoms with Crippen molar-refractivity contribution in [2.75, 3.05) is 0 Å². The monoisotopic (exact) mass is 228 g/mol. The molecule has 0 amide bonds. The van der Waals surface area contributed by atoms with Gasteiger partial charge in [-0.05, 0) is 12.1 Å². The lowest BCUT2D eigenvalue weighted by molar-refractivity contribution is -0.274. The molecule has 7 heteroatoms. The summed E-state index contributed by atoms with van der Waals surface area (Å²) in [5, 5.41) is 8.93. The normalized spacial score (nSPS) is 11.9. The van der Waals surface area contributed by atoms with Crippen molar-refractivity contribution in [1.29, 1.82) is 0 Å². The molecule has 0 saturated heterocycles. The smallest absolute Gasteiger partial charge is 0.507 e. The summed E-state index contributed by atoms with van der Waals surface area (Å²) in [4.78, 5) is 0. The maximum atomic E-state index is 12.1. The van der Waals surface area contributed by atoms with E-state index in [0.29, 0.717) is 18.2 Å². The van der Waals surface area contributed by atoms with Crippen LogP contribution in [-0.2, 0) is 0 Å². The average molecular weight is 228 g/mol. The van der Waals surface area contributed by atoms with E-state index in [0.717, 1.165) is 0 Å². The maximum Gasteiger partial charge on any atom is 0.573 e. The first-order chi connectivity index (χ1) is 6.79. The number of rotatable bonds is 2. The van der Waals surface area contributed by atoms with Crippen LogP contribution in [0.2, 0.25) is 0 Å². The number of ether oxygens (including phenoxy) is 1. The van der Waals surface area contributed by atoms with Gasteiger partial charge in [-0.3, -0.25) is 0 Å². The van der Waals surface area contributed by atoms with E-state index in [9.17, 15) is 22.0 Å². The van der Waals surface area contributed by atoms with Crippen LogP contribution in [-0.4, -0.2) is 11.5 Å². The van der Waals surface area contributed by atoms with Gasteiger partial charge in [-0.25, -0.2) is 8.78 Å². The number of halogens is 5. The minimum absolute atomic E-state index is 0.481. The van der Waals surface area contributed by atoms with Gasteiger partial charge >= 0.3 is 6.36 Å². The van der Waals surface area contributed by atoms with Crippen molar-refractivity contribution < 1.29 is 31.8 Å². The topological polar surface area (TPSA) is 29.5 Å². The van der Waals surface area contributed by atoms with E-state index in [-0.39, 0.29) is 0 Å². The Bertz CT molecular complexity index is 347. The molecule has 1 aromatic rings. The molecule has 0 atom stereocenters. The molecule has 0 aromatic heterocycles. The maximum absolute atomic E-state index is 12.1. The highest BCUT2D eigenvalue weighted by Crippen LogP contribution is 2.33. The Morgan fingerprint density at radius 3 is 2.20 bits per heavy atom. The Balaban J connectivity index is 2.92. The van der Waals surface area contributed by atoms with Crippen LogP contribution in [0.4, 0.5) is 22.0 Å². The lowest BCUT2D eigenvalue weighted by Crippen LogP contribution is -2.17. The molecule has 0 spiro atoms. The van der Waals surface area contributed by atoms with E-state index in [2.05, 4.69) is 4.74 Å². The van der Waals surface area contributed by atoms with Gasteiger partial charge in [0.25, 0.3) is 6.43 Å². The zero-order chi connectivity index (χ0) is 11.6. The fourth-order valence-electron chi connectivity index (χ4n) is 0.905. The molecule has 0 saturated carbocycles. The van der Waals surface area contributed by atoms with E-state index in [4.69, 9.17) is 5.11 Å². The predicted molar refractivity (Wildman–Crippen MR) is 39.7 cm³/mol. The molecule has 0 aliphatic rings. The minimum atomic E-state index is -4.92. The molecule has 2 nitrogen and oxygen atoms in total. The van der Waals surface area contributed by atoms with Crippen LogP contribution in [0.3, 0.4) is 0 Å². The molecular weight excluding hydrogens is 223 g/mol. The third-order valence-electron chi connectivity index (χ3n) is 1.47. The molecule has 0 aliphatic heterocycles. The molecule has 0 fully saturated rings. The quantitative estimate of drug-likeness (QED) is 0.787. The molecule has 0 radical (unpaired) electrons. The number of benzene rings is 1. The Morgan fingerprint density at radius 1 is 1.20 bits per heavy atom. The zero-order valence-corrected chi connectivity index (χ0v) is 7.05. The largest absolute Gasteiger partial charge is 0.573 e. The molecule has 0 aliphatic carbocycles. The fraction of sp³-hybridized carbons (Fsp3) is 0.250. The van der Waals surface area contributed by atoms with Crippen molar-refractivity contribution in [1.82, 2.24) is 0 Å². The van der Waals surface area contributed by atoms with E-state index in [1.807, 2.05) is 0 Å². The van der Waals surface area contributed by atoms with Gasteiger partial charge in [0.05, 0.1) is 5.56 Å². The van der Waals surface area contributed by atoms with Crippen LogP contribution < -0.4 is 4.74 Å². The van der Waals surface area contributed by atoms with Crippen LogP contribution in [0, 0.1) is 0 Å². The number of phenols is 1. The molecule has 1 N–H and O–H groups in total. The van der Waals surface area contributed by atoms with Crippen molar-refractivity contribution in [3.05, 3.63) is 23.8 Å². The van der Waals surface area contributed by atoms with Gasteiger partial charge in [0.1, 0.15) is 11.5 Å². The Morgan fingerprint density at radius 2 is 1.80 bits per heavy atom. The van der Waals surface area contributed by atoms with Gasteiger partial charge in [0.2, 0.25) is 0 Å². The molecule has 0 bridgehead atoms. The highest BCUT2D eigenvalue weighted by Gasteiger charge is 2.31. The van der Waals surface area contributed by atoms with Gasteiger partial charge in [0, 0.05) is 6.07 Å². The van der Waals surface area contributed by atoms with Crippen LogP contribution in [0.5, 0.6) is 11.5 Å². The fourth-order valence-corrected chi connectivity index (χ4v) is 0.905. The van der Waals surface area contributed by atoms with Crippen LogP contribution in [0.15, 0.2) is 18.2 Å². The molecule has 0 heterocycles. The van der Waals surface area contributed by atoms with Crippen molar-refractivity contribution >= 4 is 0 Å². The molecular formula is C8H5F5O2. The summed E-state index contributed by atoms with van der Waals surface area (Å²) < 4.78 is 62.6. The summed E-state index contributed by atoms with van der Waals surface area (Å²) in [5.41, 5.74) is -0.746. The van der Waals surface area contributed by atoms with Gasteiger partial charge in [-0.1, -0.05) is 0 Å². The summed E-state index contributed by atoms with van der Waals surface area (Å²) in [6, 6.07) is 1.85. The van der Waals surface area contributed by atoms with E-state index in [1.54, 1.807) is 0 Å². The second kappa shape index (κ2) is 3.92. The predicted octanol–water partition coefficient (Wildman–Crippen LogP) is 3.23. The van der Waals surface area contributed by atoms with Crippen molar-refractivity contribution in [3.8, 4) is 11.5 Å². The second-order valence-corrected chi connectivity index (χ2v) is 2.57. The zero-order valence-electron chi connectivity index (χ0n) is 7.05. The summed E-state index contributed by atoms with van der Waals surface area (Å²) in [6.45, 7) is 0. The minimum Gasteiger partial charge on any atom is -0.507 e. The SMILES string of the molecule is Oc1cc(OC(F)(F)F)ccc1C(F)F. The Kier molecular flexibility index (Phi) is 3.01. The standard InChI is InChI=1S/C8H5F5O2/c9-7(10)5-2-1-4(3-6(5)14)15-8(11,12)13/h1-3,7,14H. The number of hydrogen-bond acceptors (Lipinski definition) is 2.